The van der Waals surface area contributed by atoms with Crippen LogP contribution in [0.4, 0.5) is 8.78 Å². The first-order chi connectivity index (χ1) is 15.9. The Balaban J connectivity index is 0.000000189. The van der Waals surface area contributed by atoms with E-state index in [0.717, 1.165) is 30.9 Å². The van der Waals surface area contributed by atoms with Crippen LogP contribution in [0.15, 0.2) is 48.5 Å². The number of nitrogens with two attached hydrogens (primary N) is 1. The monoisotopic (exact) mass is 460 g/mol. The van der Waals surface area contributed by atoms with E-state index in [1.54, 1.807) is 24.3 Å². The van der Waals surface area contributed by atoms with Crippen LogP contribution in [0, 0.1) is 23.5 Å². The molecule has 2 fully saturated rings. The van der Waals surface area contributed by atoms with Crippen LogP contribution in [-0.4, -0.2) is 31.3 Å². The second-order valence-electron chi connectivity index (χ2n) is 9.50. The van der Waals surface area contributed by atoms with Gasteiger partial charge in [0.1, 0.15) is 23.1 Å². The van der Waals surface area contributed by atoms with Crippen LogP contribution in [-0.2, 0) is 0 Å². The van der Waals surface area contributed by atoms with Gasteiger partial charge in [-0.05, 0) is 74.2 Å². The van der Waals surface area contributed by atoms with Gasteiger partial charge < -0.3 is 20.5 Å². The van der Waals surface area contributed by atoms with Crippen molar-refractivity contribution in [3.63, 3.8) is 0 Å². The maximum atomic E-state index is 12.8. The third kappa shape index (κ3) is 8.59. The Hall–Kier alpha value is -2.18. The Kier molecular flexibility index (Phi) is 9.95. The predicted molar refractivity (Wildman–Crippen MR) is 129 cm³/mol. The van der Waals surface area contributed by atoms with Crippen LogP contribution in [0.5, 0.6) is 11.5 Å². The highest BCUT2D eigenvalue weighted by Crippen LogP contribution is 2.27. The minimum atomic E-state index is -0.236. The highest BCUT2D eigenvalue weighted by atomic mass is 19.1. The lowest BCUT2D eigenvalue weighted by Gasteiger charge is -2.23. The van der Waals surface area contributed by atoms with E-state index < -0.39 is 0 Å². The van der Waals surface area contributed by atoms with Gasteiger partial charge in [0, 0.05) is 30.0 Å². The van der Waals surface area contributed by atoms with Crippen molar-refractivity contribution in [3.8, 4) is 11.5 Å². The Morgan fingerprint density at radius 2 is 1.27 bits per heavy atom. The van der Waals surface area contributed by atoms with Gasteiger partial charge in [-0.3, -0.25) is 0 Å². The van der Waals surface area contributed by atoms with Crippen LogP contribution >= 0.6 is 0 Å². The zero-order valence-corrected chi connectivity index (χ0v) is 19.8. The van der Waals surface area contributed by atoms with E-state index in [1.165, 1.54) is 49.9 Å². The first kappa shape index (κ1) is 25.4. The molecule has 2 saturated carbocycles. The summed E-state index contributed by atoms with van der Waals surface area (Å²) in [6, 6.07) is 13.7. The molecule has 2 aromatic carbocycles. The fourth-order valence-electron chi connectivity index (χ4n) is 4.62. The normalized spacial score (nSPS) is 24.4. The van der Waals surface area contributed by atoms with Crippen molar-refractivity contribution in [1.82, 2.24) is 5.32 Å². The van der Waals surface area contributed by atoms with Gasteiger partial charge in [-0.25, -0.2) is 8.78 Å². The highest BCUT2D eigenvalue weighted by Gasteiger charge is 2.28. The summed E-state index contributed by atoms with van der Waals surface area (Å²) in [6.07, 6.45) is 7.14. The van der Waals surface area contributed by atoms with Crippen LogP contribution < -0.4 is 20.5 Å². The van der Waals surface area contributed by atoms with Crippen molar-refractivity contribution in [2.24, 2.45) is 17.6 Å². The molecule has 0 amide bonds. The molecule has 6 heteroatoms. The molecule has 2 aromatic rings. The highest BCUT2D eigenvalue weighted by molar-refractivity contribution is 5.22. The van der Waals surface area contributed by atoms with Crippen molar-refractivity contribution in [2.75, 3.05) is 13.2 Å². The van der Waals surface area contributed by atoms with Crippen molar-refractivity contribution in [2.45, 2.75) is 70.5 Å². The molecule has 0 bridgehead atoms. The molecule has 3 N–H and O–H groups in total. The van der Waals surface area contributed by atoms with Gasteiger partial charge >= 0.3 is 0 Å². The standard InChI is InChI=1S/C15H22FNO.C12H16FNO/c1-11(2)17-15-5-3-4-12(15)10-18-14-8-6-13(16)7-9-14;13-10-4-6-11(7-5-10)15-8-9-2-1-3-12(9)14/h6-9,11-12,15,17H,3-5,10H2,1-2H3;4-7,9,12H,1-3,8,14H2/t12-,15+;9-,12+/m11/s1. The summed E-state index contributed by atoms with van der Waals surface area (Å²) >= 11 is 0. The van der Waals surface area contributed by atoms with Gasteiger partial charge in [0.05, 0.1) is 13.2 Å². The molecule has 182 valence electrons. The average molecular weight is 461 g/mol. The van der Waals surface area contributed by atoms with Crippen LogP contribution in [0.1, 0.15) is 52.4 Å². The van der Waals surface area contributed by atoms with Crippen molar-refractivity contribution >= 4 is 0 Å². The minimum Gasteiger partial charge on any atom is -0.493 e. The lowest BCUT2D eigenvalue weighted by Crippen LogP contribution is -2.39. The quantitative estimate of drug-likeness (QED) is 0.530. The fraction of sp³-hybridized carbons (Fsp3) is 0.556. The molecule has 4 atom stereocenters. The van der Waals surface area contributed by atoms with E-state index in [0.29, 0.717) is 30.5 Å². The first-order valence-electron chi connectivity index (χ1n) is 12.2. The Labute approximate surface area is 196 Å². The van der Waals surface area contributed by atoms with Crippen LogP contribution in [0.2, 0.25) is 0 Å². The zero-order chi connectivity index (χ0) is 23.6. The molecule has 0 aromatic heterocycles. The molecular formula is C27H38F2N2O2. The van der Waals surface area contributed by atoms with Crippen molar-refractivity contribution in [3.05, 3.63) is 60.2 Å². The fourth-order valence-corrected chi connectivity index (χ4v) is 4.62. The number of benzene rings is 2. The molecule has 4 nitrogen and oxygen atoms in total. The summed E-state index contributed by atoms with van der Waals surface area (Å²) in [7, 11) is 0. The smallest absolute Gasteiger partial charge is 0.123 e. The van der Waals surface area contributed by atoms with Crippen molar-refractivity contribution in [1.29, 1.82) is 0 Å². The van der Waals surface area contributed by atoms with E-state index in [1.807, 2.05) is 0 Å². The van der Waals surface area contributed by atoms with Gasteiger partial charge in [-0.15, -0.1) is 0 Å². The third-order valence-electron chi connectivity index (χ3n) is 6.48. The number of ether oxygens (including phenoxy) is 2. The van der Waals surface area contributed by atoms with Crippen LogP contribution in [0.3, 0.4) is 0 Å². The maximum absolute atomic E-state index is 12.8. The Morgan fingerprint density at radius 3 is 1.76 bits per heavy atom. The van der Waals surface area contributed by atoms with Crippen LogP contribution in [0.25, 0.3) is 0 Å². The third-order valence-corrected chi connectivity index (χ3v) is 6.48. The minimum absolute atomic E-state index is 0.220. The largest absolute Gasteiger partial charge is 0.493 e. The number of halogens is 2. The van der Waals surface area contributed by atoms with Crippen molar-refractivity contribution < 1.29 is 18.3 Å². The molecule has 0 radical (unpaired) electrons. The molecule has 0 saturated heterocycles. The maximum Gasteiger partial charge on any atom is 0.123 e. The van der Waals surface area contributed by atoms with Gasteiger partial charge in [0.25, 0.3) is 0 Å². The van der Waals surface area contributed by atoms with E-state index in [4.69, 9.17) is 15.2 Å². The topological polar surface area (TPSA) is 56.5 Å². The summed E-state index contributed by atoms with van der Waals surface area (Å²) in [4.78, 5) is 0. The SMILES string of the molecule is CC(C)N[C@H]1CCC[C@@H]1COc1ccc(F)cc1.N[C@H]1CCC[C@@H]1COc1ccc(F)cc1. The summed E-state index contributed by atoms with van der Waals surface area (Å²) in [5.74, 6) is 2.04. The zero-order valence-electron chi connectivity index (χ0n) is 19.8. The number of nitrogens with one attached hydrogen (secondary N) is 1. The Bertz CT molecular complexity index is 814. The first-order valence-corrected chi connectivity index (χ1v) is 12.2. The summed E-state index contributed by atoms with van der Waals surface area (Å²) in [5.41, 5.74) is 5.93. The molecule has 0 aliphatic heterocycles. The molecule has 0 heterocycles. The van der Waals surface area contributed by atoms with Gasteiger partial charge in [0.2, 0.25) is 0 Å². The van der Waals surface area contributed by atoms with E-state index in [-0.39, 0.29) is 17.7 Å². The molecule has 2 aliphatic carbocycles. The lowest BCUT2D eigenvalue weighted by molar-refractivity contribution is 0.221. The molecular weight excluding hydrogens is 422 g/mol. The van der Waals surface area contributed by atoms with E-state index >= 15 is 0 Å². The van der Waals surface area contributed by atoms with Gasteiger partial charge in [-0.2, -0.15) is 0 Å². The summed E-state index contributed by atoms with van der Waals surface area (Å²) in [5, 5.41) is 3.60. The molecule has 2 aliphatic rings. The lowest BCUT2D eigenvalue weighted by atomic mass is 10.0. The number of rotatable bonds is 8. The van der Waals surface area contributed by atoms with Gasteiger partial charge in [-0.1, -0.05) is 26.7 Å². The van der Waals surface area contributed by atoms with E-state index in [9.17, 15) is 8.78 Å². The number of hydrogen-bond acceptors (Lipinski definition) is 4. The number of hydrogen-bond donors (Lipinski definition) is 2. The van der Waals surface area contributed by atoms with Gasteiger partial charge in [0.15, 0.2) is 0 Å². The summed E-state index contributed by atoms with van der Waals surface area (Å²) in [6.45, 7) is 5.72. The molecule has 4 rings (SSSR count). The average Bonchev–Trinajstić information content (AvgIpc) is 3.41. The Morgan fingerprint density at radius 1 is 0.788 bits per heavy atom. The molecule has 0 unspecified atom stereocenters. The van der Waals surface area contributed by atoms with E-state index in [2.05, 4.69) is 19.2 Å². The predicted octanol–water partition coefficient (Wildman–Crippen LogP) is 5.70. The molecule has 0 spiro atoms. The molecule has 33 heavy (non-hydrogen) atoms. The second kappa shape index (κ2) is 12.9. The summed E-state index contributed by atoms with van der Waals surface area (Å²) < 4.78 is 36.7. The second-order valence-corrected chi connectivity index (χ2v) is 9.50.